The minimum atomic E-state index is 0.221. The maximum absolute atomic E-state index is 9.16. The summed E-state index contributed by atoms with van der Waals surface area (Å²) < 4.78 is 14.0. The van der Waals surface area contributed by atoms with E-state index >= 15 is 0 Å². The number of para-hydroxylation sites is 1. The molecule has 0 spiro atoms. The molecule has 4 aromatic rings. The number of aromatic nitrogens is 3. The predicted molar refractivity (Wildman–Crippen MR) is 133 cm³/mol. The molecule has 0 atom stereocenters. The van der Waals surface area contributed by atoms with Gasteiger partial charge in [0, 0.05) is 11.8 Å². The molecule has 0 unspecified atom stereocenters. The molecule has 1 fully saturated rings. The predicted octanol–water partition coefficient (Wildman–Crippen LogP) is 6.10. The molecule has 34 heavy (non-hydrogen) atoms. The van der Waals surface area contributed by atoms with Crippen LogP contribution in [0.5, 0.6) is 11.5 Å². The summed E-state index contributed by atoms with van der Waals surface area (Å²) in [7, 11) is 1.67. The average molecular weight is 451 g/mol. The molecule has 1 aliphatic carbocycles. The van der Waals surface area contributed by atoms with Gasteiger partial charge in [-0.3, -0.25) is 4.57 Å². The zero-order chi connectivity index (χ0) is 23.5. The summed E-state index contributed by atoms with van der Waals surface area (Å²) in [6.07, 6.45) is 10.3. The largest absolute Gasteiger partial charge is 0.493 e. The van der Waals surface area contributed by atoms with Crippen molar-refractivity contribution in [3.8, 4) is 23.4 Å². The first kappa shape index (κ1) is 21.7. The zero-order valence-corrected chi connectivity index (χ0v) is 19.4. The molecule has 6 nitrogen and oxygen atoms in total. The quantitative estimate of drug-likeness (QED) is 0.355. The number of rotatable bonds is 6. The number of fused-ring (bicyclic) bond motifs is 1. The van der Waals surface area contributed by atoms with Crippen LogP contribution in [-0.4, -0.2) is 27.7 Å². The second-order valence-corrected chi connectivity index (χ2v) is 8.55. The minimum Gasteiger partial charge on any atom is -0.493 e. The summed E-state index contributed by atoms with van der Waals surface area (Å²) in [6.45, 7) is 2.06. The molecule has 5 rings (SSSR count). The lowest BCUT2D eigenvalue weighted by atomic mass is 10.1. The van der Waals surface area contributed by atoms with E-state index in [1.807, 2.05) is 47.1 Å². The van der Waals surface area contributed by atoms with Gasteiger partial charge in [0.15, 0.2) is 11.5 Å². The van der Waals surface area contributed by atoms with E-state index in [4.69, 9.17) is 19.7 Å². The molecule has 0 bridgehead atoms. The molecule has 0 aliphatic heterocycles. The number of aryl methyl sites for hydroxylation is 1. The first-order valence-corrected chi connectivity index (χ1v) is 11.5. The van der Waals surface area contributed by atoms with Crippen LogP contribution in [-0.2, 0) is 0 Å². The first-order chi connectivity index (χ1) is 16.7. The van der Waals surface area contributed by atoms with Gasteiger partial charge < -0.3 is 9.47 Å². The van der Waals surface area contributed by atoms with Crippen molar-refractivity contribution in [1.29, 1.82) is 5.26 Å². The summed E-state index contributed by atoms with van der Waals surface area (Å²) >= 11 is 0. The van der Waals surface area contributed by atoms with E-state index in [-0.39, 0.29) is 6.10 Å². The van der Waals surface area contributed by atoms with Crippen molar-refractivity contribution in [3.63, 3.8) is 0 Å². The van der Waals surface area contributed by atoms with Crippen LogP contribution in [0.15, 0.2) is 54.7 Å². The number of hydrogen-bond donors (Lipinski definition) is 0. The Balaban J connectivity index is 1.59. The van der Waals surface area contributed by atoms with E-state index in [1.165, 1.54) is 12.8 Å². The van der Waals surface area contributed by atoms with Gasteiger partial charge in [-0.25, -0.2) is 9.97 Å². The molecule has 2 aromatic heterocycles. The fourth-order valence-electron chi connectivity index (χ4n) is 4.43. The summed E-state index contributed by atoms with van der Waals surface area (Å²) in [6, 6.07) is 17.8. The van der Waals surface area contributed by atoms with E-state index in [2.05, 4.69) is 30.1 Å². The summed E-state index contributed by atoms with van der Waals surface area (Å²) in [5.74, 6) is 2.95. The summed E-state index contributed by atoms with van der Waals surface area (Å²) in [5.41, 5.74) is 4.44. The van der Waals surface area contributed by atoms with Gasteiger partial charge in [-0.1, -0.05) is 18.2 Å². The van der Waals surface area contributed by atoms with Crippen molar-refractivity contribution < 1.29 is 9.47 Å². The second kappa shape index (κ2) is 9.40. The third-order valence-electron chi connectivity index (χ3n) is 6.17. The first-order valence-electron chi connectivity index (χ1n) is 11.5. The van der Waals surface area contributed by atoms with Crippen molar-refractivity contribution in [3.05, 3.63) is 77.2 Å². The highest BCUT2D eigenvalue weighted by atomic mass is 16.5. The fourth-order valence-corrected chi connectivity index (χ4v) is 4.43. The molecule has 6 heteroatoms. The Morgan fingerprint density at radius 1 is 1.09 bits per heavy atom. The Morgan fingerprint density at radius 3 is 2.68 bits per heavy atom. The lowest BCUT2D eigenvalue weighted by Gasteiger charge is -2.18. The lowest BCUT2D eigenvalue weighted by Crippen LogP contribution is -2.12. The summed E-state index contributed by atoms with van der Waals surface area (Å²) in [4.78, 5) is 9.39. The smallest absolute Gasteiger partial charge is 0.168 e. The average Bonchev–Trinajstić information content (AvgIpc) is 3.50. The third kappa shape index (κ3) is 4.25. The number of nitrogens with zero attached hydrogens (tertiary/aromatic N) is 4. The molecule has 170 valence electrons. The molecule has 2 heterocycles. The minimum absolute atomic E-state index is 0.221. The van der Waals surface area contributed by atoms with Gasteiger partial charge in [0.05, 0.1) is 29.8 Å². The molecule has 1 saturated carbocycles. The van der Waals surface area contributed by atoms with Crippen LogP contribution in [0.2, 0.25) is 0 Å². The van der Waals surface area contributed by atoms with Gasteiger partial charge >= 0.3 is 0 Å². The number of ether oxygens (including phenoxy) is 2. The highest BCUT2D eigenvalue weighted by molar-refractivity contribution is 5.83. The van der Waals surface area contributed by atoms with Crippen LogP contribution < -0.4 is 9.47 Å². The lowest BCUT2D eigenvalue weighted by molar-refractivity contribution is 0.200. The molecule has 0 N–H and O–H groups in total. The third-order valence-corrected chi connectivity index (χ3v) is 6.17. The van der Waals surface area contributed by atoms with Gasteiger partial charge in [-0.15, -0.1) is 0 Å². The number of benzene rings is 2. The van der Waals surface area contributed by atoms with Crippen LogP contribution in [0.3, 0.4) is 0 Å². The van der Waals surface area contributed by atoms with Gasteiger partial charge in [-0.2, -0.15) is 5.26 Å². The van der Waals surface area contributed by atoms with Crippen LogP contribution >= 0.6 is 0 Å². The van der Waals surface area contributed by atoms with Crippen LogP contribution in [0.4, 0.5) is 0 Å². The Kier molecular flexibility index (Phi) is 6.01. The van der Waals surface area contributed by atoms with Crippen molar-refractivity contribution in [2.45, 2.75) is 38.7 Å². The van der Waals surface area contributed by atoms with Crippen LogP contribution in [0.25, 0.3) is 29.0 Å². The Morgan fingerprint density at radius 2 is 1.94 bits per heavy atom. The van der Waals surface area contributed by atoms with E-state index < -0.39 is 0 Å². The van der Waals surface area contributed by atoms with E-state index in [0.29, 0.717) is 11.4 Å². The van der Waals surface area contributed by atoms with Gasteiger partial charge in [0.2, 0.25) is 0 Å². The monoisotopic (exact) mass is 450 g/mol. The molecule has 0 amide bonds. The number of nitriles is 1. The normalized spacial score (nSPS) is 14.0. The Bertz CT molecular complexity index is 1390. The number of imidazole rings is 1. The van der Waals surface area contributed by atoms with Gasteiger partial charge in [0.1, 0.15) is 17.7 Å². The van der Waals surface area contributed by atoms with E-state index in [0.717, 1.165) is 52.3 Å². The Hall–Kier alpha value is -4.11. The van der Waals surface area contributed by atoms with Crippen molar-refractivity contribution >= 4 is 23.2 Å². The molecule has 2 aromatic carbocycles. The second-order valence-electron chi connectivity index (χ2n) is 8.55. The number of hydrogen-bond acceptors (Lipinski definition) is 5. The maximum Gasteiger partial charge on any atom is 0.168 e. The van der Waals surface area contributed by atoms with Gasteiger partial charge in [-0.05, 0) is 80.7 Å². The number of pyridine rings is 1. The highest BCUT2D eigenvalue weighted by Gasteiger charge is 2.20. The SMILES string of the molecule is COc1cccc(/C=C/c2nc3ccc(C)cc3n2-c2ccc(C#N)cn2)c1OC1CCCC1. The van der Waals surface area contributed by atoms with E-state index in [9.17, 15) is 0 Å². The van der Waals surface area contributed by atoms with Crippen molar-refractivity contribution in [2.75, 3.05) is 7.11 Å². The molecular weight excluding hydrogens is 424 g/mol. The molecule has 0 saturated heterocycles. The van der Waals surface area contributed by atoms with Crippen molar-refractivity contribution in [2.24, 2.45) is 0 Å². The van der Waals surface area contributed by atoms with Crippen LogP contribution in [0.1, 0.15) is 48.2 Å². The highest BCUT2D eigenvalue weighted by Crippen LogP contribution is 2.36. The standard InChI is InChI=1S/C28H26N4O2/c1-19-10-13-23-24(16-19)32(26-14-11-20(17-29)18-30-26)27(31-23)15-12-21-6-5-9-25(33-2)28(21)34-22-7-3-4-8-22/h5-6,9-16,18,22H,3-4,7-8H2,1-2H3/b15-12+. The number of methoxy groups -OCH3 is 1. The Labute approximate surface area is 199 Å². The molecule has 1 aliphatic rings. The van der Waals surface area contributed by atoms with E-state index in [1.54, 1.807) is 19.4 Å². The fraction of sp³-hybridized carbons (Fsp3) is 0.250. The zero-order valence-electron chi connectivity index (χ0n) is 19.4. The van der Waals surface area contributed by atoms with Crippen molar-refractivity contribution in [1.82, 2.24) is 14.5 Å². The molecular formula is C28H26N4O2. The summed E-state index contributed by atoms with van der Waals surface area (Å²) in [5, 5.41) is 9.16. The molecule has 0 radical (unpaired) electrons. The van der Waals surface area contributed by atoms with Gasteiger partial charge in [0.25, 0.3) is 0 Å². The topological polar surface area (TPSA) is 73.0 Å². The van der Waals surface area contributed by atoms with Crippen LogP contribution in [0, 0.1) is 18.3 Å². The maximum atomic E-state index is 9.16.